The van der Waals surface area contributed by atoms with Crippen LogP contribution in [-0.4, -0.2) is 25.2 Å². The van der Waals surface area contributed by atoms with E-state index in [4.69, 9.17) is 4.74 Å². The molecule has 1 heterocycles. The number of hydrogen-bond donors (Lipinski definition) is 3. The molecule has 0 saturated heterocycles. The SMILES string of the molecule is CN=C(NCc1cc(OC)ccc1O)NC(C)c1cccs1.I. The molecule has 0 fully saturated rings. The molecule has 5 nitrogen and oxygen atoms in total. The van der Waals surface area contributed by atoms with Gasteiger partial charge < -0.3 is 20.5 Å². The molecule has 2 rings (SSSR count). The van der Waals surface area contributed by atoms with Crippen LogP contribution in [0.3, 0.4) is 0 Å². The van der Waals surface area contributed by atoms with Crippen molar-refractivity contribution in [3.63, 3.8) is 0 Å². The average Bonchev–Trinajstić information content (AvgIpc) is 3.07. The summed E-state index contributed by atoms with van der Waals surface area (Å²) < 4.78 is 5.17. The van der Waals surface area contributed by atoms with Crippen molar-refractivity contribution in [2.75, 3.05) is 14.2 Å². The minimum Gasteiger partial charge on any atom is -0.508 e. The molecule has 1 aromatic heterocycles. The second-order valence-corrected chi connectivity index (χ2v) is 5.78. The summed E-state index contributed by atoms with van der Waals surface area (Å²) >= 11 is 1.70. The third kappa shape index (κ3) is 5.58. The third-order valence-electron chi connectivity index (χ3n) is 3.28. The number of hydrogen-bond acceptors (Lipinski definition) is 4. The lowest BCUT2D eigenvalue weighted by Crippen LogP contribution is -2.38. The maximum atomic E-state index is 9.89. The number of methoxy groups -OCH3 is 1. The van der Waals surface area contributed by atoms with Gasteiger partial charge in [-0.1, -0.05) is 6.07 Å². The van der Waals surface area contributed by atoms with E-state index in [0.29, 0.717) is 18.3 Å². The minimum absolute atomic E-state index is 0. The molecule has 0 bridgehead atoms. The Kier molecular flexibility index (Phi) is 8.18. The highest BCUT2D eigenvalue weighted by atomic mass is 127. The number of halogens is 1. The lowest BCUT2D eigenvalue weighted by atomic mass is 10.2. The number of aromatic hydroxyl groups is 1. The molecular formula is C16H22IN3O2S. The summed E-state index contributed by atoms with van der Waals surface area (Å²) in [5.74, 6) is 1.63. The number of thiophene rings is 1. The Morgan fingerprint density at radius 1 is 1.39 bits per heavy atom. The molecular weight excluding hydrogens is 425 g/mol. The summed E-state index contributed by atoms with van der Waals surface area (Å²) in [6.07, 6.45) is 0. The van der Waals surface area contributed by atoms with Crippen LogP contribution < -0.4 is 15.4 Å². The van der Waals surface area contributed by atoms with Crippen LogP contribution in [-0.2, 0) is 6.54 Å². The summed E-state index contributed by atoms with van der Waals surface area (Å²) in [7, 11) is 3.33. The summed E-state index contributed by atoms with van der Waals surface area (Å²) in [6.45, 7) is 2.54. The second kappa shape index (κ2) is 9.61. The van der Waals surface area contributed by atoms with Gasteiger partial charge in [-0.3, -0.25) is 4.99 Å². The van der Waals surface area contributed by atoms with E-state index >= 15 is 0 Å². The lowest BCUT2D eigenvalue weighted by molar-refractivity contribution is 0.410. The van der Waals surface area contributed by atoms with Crippen molar-refractivity contribution < 1.29 is 9.84 Å². The van der Waals surface area contributed by atoms with E-state index in [2.05, 4.69) is 34.0 Å². The Hall–Kier alpha value is -1.48. The molecule has 0 aliphatic heterocycles. The van der Waals surface area contributed by atoms with Crippen LogP contribution in [0.5, 0.6) is 11.5 Å². The first kappa shape index (κ1) is 19.6. The molecule has 7 heteroatoms. The molecule has 23 heavy (non-hydrogen) atoms. The van der Waals surface area contributed by atoms with Crippen molar-refractivity contribution in [3.8, 4) is 11.5 Å². The molecule has 1 unspecified atom stereocenters. The van der Waals surface area contributed by atoms with Crippen LogP contribution in [0.25, 0.3) is 0 Å². The van der Waals surface area contributed by atoms with Gasteiger partial charge in [0, 0.05) is 24.0 Å². The first-order valence-corrected chi connectivity index (χ1v) is 7.88. The van der Waals surface area contributed by atoms with E-state index in [0.717, 1.165) is 5.56 Å². The highest BCUT2D eigenvalue weighted by Gasteiger charge is 2.09. The molecule has 1 atom stereocenters. The van der Waals surface area contributed by atoms with Crippen molar-refractivity contribution in [2.45, 2.75) is 19.5 Å². The lowest BCUT2D eigenvalue weighted by Gasteiger charge is -2.17. The van der Waals surface area contributed by atoms with Gasteiger partial charge in [-0.05, 0) is 36.6 Å². The van der Waals surface area contributed by atoms with Gasteiger partial charge in [0.1, 0.15) is 11.5 Å². The van der Waals surface area contributed by atoms with E-state index in [-0.39, 0.29) is 35.8 Å². The molecule has 2 aromatic rings. The number of rotatable bonds is 5. The molecule has 0 saturated carbocycles. The Morgan fingerprint density at radius 3 is 2.78 bits per heavy atom. The van der Waals surface area contributed by atoms with E-state index < -0.39 is 0 Å². The number of benzene rings is 1. The van der Waals surface area contributed by atoms with E-state index in [1.54, 1.807) is 43.7 Å². The van der Waals surface area contributed by atoms with Gasteiger partial charge in [-0.2, -0.15) is 0 Å². The highest BCUT2D eigenvalue weighted by Crippen LogP contribution is 2.22. The van der Waals surface area contributed by atoms with Gasteiger partial charge >= 0.3 is 0 Å². The molecule has 126 valence electrons. The van der Waals surface area contributed by atoms with Gasteiger partial charge in [0.15, 0.2) is 5.96 Å². The monoisotopic (exact) mass is 447 g/mol. The largest absolute Gasteiger partial charge is 0.508 e. The highest BCUT2D eigenvalue weighted by molar-refractivity contribution is 14.0. The molecule has 0 aliphatic carbocycles. The quantitative estimate of drug-likeness (QED) is 0.373. The van der Waals surface area contributed by atoms with E-state index in [9.17, 15) is 5.11 Å². The molecule has 3 N–H and O–H groups in total. The Labute approximate surface area is 157 Å². The minimum atomic E-state index is 0. The molecule has 0 spiro atoms. The van der Waals surface area contributed by atoms with Crippen LogP contribution in [0.1, 0.15) is 23.4 Å². The number of phenols is 1. The second-order valence-electron chi connectivity index (χ2n) is 4.80. The number of nitrogens with one attached hydrogen (secondary N) is 2. The number of nitrogens with zero attached hydrogens (tertiary/aromatic N) is 1. The van der Waals surface area contributed by atoms with Gasteiger partial charge in [-0.25, -0.2) is 0 Å². The van der Waals surface area contributed by atoms with Gasteiger partial charge in [0.25, 0.3) is 0 Å². The predicted molar refractivity (Wildman–Crippen MR) is 106 cm³/mol. The molecule has 0 aliphatic rings. The van der Waals surface area contributed by atoms with Crippen LogP contribution in [0.4, 0.5) is 0 Å². The molecule has 0 amide bonds. The van der Waals surface area contributed by atoms with Crippen molar-refractivity contribution in [1.82, 2.24) is 10.6 Å². The van der Waals surface area contributed by atoms with Gasteiger partial charge in [0.2, 0.25) is 0 Å². The first-order valence-electron chi connectivity index (χ1n) is 7.00. The first-order chi connectivity index (χ1) is 10.6. The van der Waals surface area contributed by atoms with Gasteiger partial charge in [0.05, 0.1) is 13.2 Å². The van der Waals surface area contributed by atoms with E-state index in [1.165, 1.54) is 4.88 Å². The fourth-order valence-electron chi connectivity index (χ4n) is 2.02. The normalized spacial score (nSPS) is 12.2. The van der Waals surface area contributed by atoms with Crippen LogP contribution in [0.2, 0.25) is 0 Å². The van der Waals surface area contributed by atoms with Crippen molar-refractivity contribution >= 4 is 41.3 Å². The summed E-state index contributed by atoms with van der Waals surface area (Å²) in [4.78, 5) is 5.45. The fraction of sp³-hybridized carbons (Fsp3) is 0.312. The zero-order chi connectivity index (χ0) is 15.9. The van der Waals surface area contributed by atoms with Crippen molar-refractivity contribution in [2.24, 2.45) is 4.99 Å². The third-order valence-corrected chi connectivity index (χ3v) is 4.33. The van der Waals surface area contributed by atoms with Gasteiger partial charge in [-0.15, -0.1) is 35.3 Å². The summed E-state index contributed by atoms with van der Waals surface area (Å²) in [5, 5.41) is 18.5. The van der Waals surface area contributed by atoms with Crippen molar-refractivity contribution in [1.29, 1.82) is 0 Å². The standard InChI is InChI=1S/C16H21N3O2S.HI/c1-11(15-5-4-8-22-15)19-16(17-2)18-10-12-9-13(21-3)6-7-14(12)20;/h4-9,11,20H,10H2,1-3H3,(H2,17,18,19);1H. The maximum absolute atomic E-state index is 9.89. The zero-order valence-electron chi connectivity index (χ0n) is 13.4. The molecule has 1 aromatic carbocycles. The number of phenolic OH excluding ortho intramolecular Hbond substituents is 1. The van der Waals surface area contributed by atoms with E-state index in [1.807, 2.05) is 6.07 Å². The number of ether oxygens (including phenoxy) is 1. The average molecular weight is 447 g/mol. The Morgan fingerprint density at radius 2 is 2.17 bits per heavy atom. The zero-order valence-corrected chi connectivity index (χ0v) is 16.5. The maximum Gasteiger partial charge on any atom is 0.191 e. The van der Waals surface area contributed by atoms with Crippen LogP contribution in [0.15, 0.2) is 40.7 Å². The summed E-state index contributed by atoms with van der Waals surface area (Å²) in [5.41, 5.74) is 0.756. The van der Waals surface area contributed by atoms with Crippen LogP contribution in [0, 0.1) is 0 Å². The Balaban J connectivity index is 0.00000264. The Bertz CT molecular complexity index is 632. The fourth-order valence-corrected chi connectivity index (χ4v) is 2.75. The van der Waals surface area contributed by atoms with Crippen molar-refractivity contribution in [3.05, 3.63) is 46.2 Å². The smallest absolute Gasteiger partial charge is 0.191 e. The van der Waals surface area contributed by atoms with Crippen LogP contribution >= 0.6 is 35.3 Å². The molecule has 0 radical (unpaired) electrons. The topological polar surface area (TPSA) is 65.9 Å². The summed E-state index contributed by atoms with van der Waals surface area (Å²) in [6, 6.07) is 9.44. The number of guanidine groups is 1. The predicted octanol–water partition coefficient (Wildman–Crippen LogP) is 3.51. The number of aliphatic imine (C=N–C) groups is 1.